The predicted molar refractivity (Wildman–Crippen MR) is 79.6 cm³/mol. The van der Waals surface area contributed by atoms with Gasteiger partial charge in [0, 0.05) is 19.7 Å². The van der Waals surface area contributed by atoms with Crippen molar-refractivity contribution in [1.29, 1.82) is 0 Å². The van der Waals surface area contributed by atoms with E-state index in [2.05, 4.69) is 15.5 Å². The zero-order valence-electron chi connectivity index (χ0n) is 13.2. The Kier molecular flexibility index (Phi) is 4.61. The lowest BCUT2D eigenvalue weighted by Crippen LogP contribution is -2.50. The first-order chi connectivity index (χ1) is 10.6. The SMILES string of the molecule is Cc1noc(C2CCCN(C(=O)NC(C)C3CCCO3)C2)n1. The Labute approximate surface area is 130 Å². The molecule has 2 fully saturated rings. The van der Waals surface area contributed by atoms with Crippen LogP contribution in [0.15, 0.2) is 4.52 Å². The second-order valence-corrected chi connectivity index (χ2v) is 6.25. The summed E-state index contributed by atoms with van der Waals surface area (Å²) in [5.74, 6) is 1.42. The lowest BCUT2D eigenvalue weighted by molar-refractivity contribution is 0.0820. The minimum Gasteiger partial charge on any atom is -0.376 e. The van der Waals surface area contributed by atoms with Crippen LogP contribution in [-0.2, 0) is 4.74 Å². The fourth-order valence-corrected chi connectivity index (χ4v) is 3.22. The van der Waals surface area contributed by atoms with E-state index >= 15 is 0 Å². The number of piperidine rings is 1. The van der Waals surface area contributed by atoms with Gasteiger partial charge in [0.25, 0.3) is 0 Å². The van der Waals surface area contributed by atoms with Crippen LogP contribution in [0.4, 0.5) is 4.79 Å². The summed E-state index contributed by atoms with van der Waals surface area (Å²) in [6.07, 6.45) is 4.17. The van der Waals surface area contributed by atoms with Gasteiger partial charge >= 0.3 is 6.03 Å². The van der Waals surface area contributed by atoms with Crippen molar-refractivity contribution in [3.05, 3.63) is 11.7 Å². The van der Waals surface area contributed by atoms with Crippen LogP contribution in [0.2, 0.25) is 0 Å². The zero-order valence-corrected chi connectivity index (χ0v) is 13.2. The molecule has 0 bridgehead atoms. The van der Waals surface area contributed by atoms with Crippen molar-refractivity contribution >= 4 is 6.03 Å². The zero-order chi connectivity index (χ0) is 15.5. The van der Waals surface area contributed by atoms with Crippen LogP contribution in [-0.4, -0.2) is 52.9 Å². The summed E-state index contributed by atoms with van der Waals surface area (Å²) in [5.41, 5.74) is 0. The van der Waals surface area contributed by atoms with E-state index in [4.69, 9.17) is 9.26 Å². The van der Waals surface area contributed by atoms with Crippen molar-refractivity contribution in [2.24, 2.45) is 0 Å². The highest BCUT2D eigenvalue weighted by Gasteiger charge is 2.30. The molecule has 3 atom stereocenters. The molecule has 3 heterocycles. The number of nitrogens with zero attached hydrogens (tertiary/aromatic N) is 3. The molecule has 122 valence electrons. The molecule has 0 spiro atoms. The van der Waals surface area contributed by atoms with Gasteiger partial charge in [0.15, 0.2) is 5.82 Å². The van der Waals surface area contributed by atoms with Gasteiger partial charge in [-0.3, -0.25) is 0 Å². The Balaban J connectivity index is 1.55. The Hall–Kier alpha value is -1.63. The smallest absolute Gasteiger partial charge is 0.317 e. The Bertz CT molecular complexity index is 513. The minimum atomic E-state index is -0.0241. The lowest BCUT2D eigenvalue weighted by Gasteiger charge is -2.32. The highest BCUT2D eigenvalue weighted by Crippen LogP contribution is 2.25. The molecule has 0 saturated carbocycles. The van der Waals surface area contributed by atoms with Crippen molar-refractivity contribution in [2.45, 2.75) is 57.6 Å². The highest BCUT2D eigenvalue weighted by molar-refractivity contribution is 5.74. The van der Waals surface area contributed by atoms with Crippen molar-refractivity contribution in [2.75, 3.05) is 19.7 Å². The van der Waals surface area contributed by atoms with Crippen molar-refractivity contribution < 1.29 is 14.1 Å². The van der Waals surface area contributed by atoms with Crippen LogP contribution in [0, 0.1) is 6.92 Å². The normalized spacial score (nSPS) is 26.9. The summed E-state index contributed by atoms with van der Waals surface area (Å²) < 4.78 is 10.9. The first-order valence-corrected chi connectivity index (χ1v) is 8.10. The van der Waals surface area contributed by atoms with E-state index in [1.54, 1.807) is 0 Å². The van der Waals surface area contributed by atoms with Gasteiger partial charge < -0.3 is 19.5 Å². The van der Waals surface area contributed by atoms with Crippen LogP contribution >= 0.6 is 0 Å². The number of likely N-dealkylation sites (tertiary alicyclic amines) is 1. The summed E-state index contributed by atoms with van der Waals surface area (Å²) in [5, 5.41) is 6.90. The number of hydrogen-bond acceptors (Lipinski definition) is 5. The maximum atomic E-state index is 12.4. The van der Waals surface area contributed by atoms with E-state index in [0.29, 0.717) is 18.3 Å². The summed E-state index contributed by atoms with van der Waals surface area (Å²) in [4.78, 5) is 18.6. The fourth-order valence-electron chi connectivity index (χ4n) is 3.22. The average Bonchev–Trinajstić information content (AvgIpc) is 3.18. The summed E-state index contributed by atoms with van der Waals surface area (Å²) in [7, 11) is 0. The van der Waals surface area contributed by atoms with Crippen LogP contribution in [0.5, 0.6) is 0 Å². The highest BCUT2D eigenvalue weighted by atomic mass is 16.5. The molecule has 1 N–H and O–H groups in total. The van der Waals surface area contributed by atoms with Crippen LogP contribution in [0.25, 0.3) is 0 Å². The number of rotatable bonds is 3. The Morgan fingerprint density at radius 3 is 2.95 bits per heavy atom. The first kappa shape index (κ1) is 15.3. The minimum absolute atomic E-state index is 0.0241. The van der Waals surface area contributed by atoms with Crippen molar-refractivity contribution in [3.8, 4) is 0 Å². The second kappa shape index (κ2) is 6.64. The van der Waals surface area contributed by atoms with Crippen LogP contribution in [0.3, 0.4) is 0 Å². The van der Waals surface area contributed by atoms with Crippen LogP contribution in [0.1, 0.15) is 50.2 Å². The maximum absolute atomic E-state index is 12.4. The molecular formula is C15H24N4O3. The number of nitrogens with one attached hydrogen (secondary N) is 1. The third kappa shape index (κ3) is 3.40. The molecule has 2 aliphatic heterocycles. The molecule has 1 aromatic heterocycles. The third-order valence-corrected chi connectivity index (χ3v) is 4.47. The molecule has 0 aliphatic carbocycles. The molecule has 3 rings (SSSR count). The van der Waals surface area contributed by atoms with Crippen molar-refractivity contribution in [3.63, 3.8) is 0 Å². The molecule has 1 aromatic rings. The molecule has 0 radical (unpaired) electrons. The summed E-state index contributed by atoms with van der Waals surface area (Å²) in [6, 6.07) is 0.0185. The standard InChI is InChI=1S/C15H24N4O3/c1-10(13-6-4-8-21-13)16-15(20)19-7-3-5-12(9-19)14-17-11(2)18-22-14/h10,12-13H,3-9H2,1-2H3,(H,16,20). The van der Waals surface area contributed by atoms with E-state index < -0.39 is 0 Å². The monoisotopic (exact) mass is 308 g/mol. The Morgan fingerprint density at radius 1 is 1.41 bits per heavy atom. The topological polar surface area (TPSA) is 80.5 Å². The van der Waals surface area contributed by atoms with Gasteiger partial charge in [-0.05, 0) is 39.5 Å². The molecule has 22 heavy (non-hydrogen) atoms. The lowest BCUT2D eigenvalue weighted by atomic mass is 9.98. The maximum Gasteiger partial charge on any atom is 0.317 e. The second-order valence-electron chi connectivity index (χ2n) is 6.25. The fraction of sp³-hybridized carbons (Fsp3) is 0.800. The van der Waals surface area contributed by atoms with Gasteiger partial charge in [-0.25, -0.2) is 4.79 Å². The molecule has 2 aliphatic rings. The summed E-state index contributed by atoms with van der Waals surface area (Å²) in [6.45, 7) is 6.02. The number of aryl methyl sites for hydroxylation is 1. The Morgan fingerprint density at radius 2 is 2.27 bits per heavy atom. The predicted octanol–water partition coefficient (Wildman–Crippen LogP) is 1.83. The van der Waals surface area contributed by atoms with Gasteiger partial charge in [0.2, 0.25) is 5.89 Å². The van der Waals surface area contributed by atoms with E-state index in [-0.39, 0.29) is 24.1 Å². The first-order valence-electron chi connectivity index (χ1n) is 8.10. The molecule has 0 aromatic carbocycles. The number of hydrogen-bond donors (Lipinski definition) is 1. The molecule has 7 nitrogen and oxygen atoms in total. The average molecular weight is 308 g/mol. The largest absolute Gasteiger partial charge is 0.376 e. The number of carbonyl (C=O) groups excluding carboxylic acids is 1. The summed E-state index contributed by atoms with van der Waals surface area (Å²) >= 11 is 0. The van der Waals surface area contributed by atoms with Gasteiger partial charge in [0.05, 0.1) is 18.1 Å². The number of aromatic nitrogens is 2. The van der Waals surface area contributed by atoms with Crippen molar-refractivity contribution in [1.82, 2.24) is 20.4 Å². The van der Waals surface area contributed by atoms with E-state index in [9.17, 15) is 4.79 Å². The molecule has 3 unspecified atom stereocenters. The molecule has 2 saturated heterocycles. The number of amides is 2. The quantitative estimate of drug-likeness (QED) is 0.921. The van der Waals surface area contributed by atoms with E-state index in [0.717, 1.165) is 38.8 Å². The number of carbonyl (C=O) groups is 1. The number of urea groups is 1. The van der Waals surface area contributed by atoms with Crippen LogP contribution < -0.4 is 5.32 Å². The van der Waals surface area contributed by atoms with E-state index in [1.165, 1.54) is 0 Å². The number of ether oxygens (including phenoxy) is 1. The van der Waals surface area contributed by atoms with Gasteiger partial charge in [0.1, 0.15) is 0 Å². The van der Waals surface area contributed by atoms with Gasteiger partial charge in [-0.2, -0.15) is 4.98 Å². The molecular weight excluding hydrogens is 284 g/mol. The molecule has 7 heteroatoms. The third-order valence-electron chi connectivity index (χ3n) is 4.47. The molecule has 2 amide bonds. The van der Waals surface area contributed by atoms with E-state index in [1.807, 2.05) is 18.7 Å². The van der Waals surface area contributed by atoms with Gasteiger partial charge in [-0.1, -0.05) is 5.16 Å². The van der Waals surface area contributed by atoms with Gasteiger partial charge in [-0.15, -0.1) is 0 Å².